The Labute approximate surface area is 105 Å². The second kappa shape index (κ2) is 4.02. The van der Waals surface area contributed by atoms with Crippen LogP contribution in [-0.4, -0.2) is 29.6 Å². The monoisotopic (exact) mass is 267 g/mol. The average molecular weight is 267 g/mol. The van der Waals surface area contributed by atoms with Gasteiger partial charge in [-0.25, -0.2) is 8.42 Å². The summed E-state index contributed by atoms with van der Waals surface area (Å²) in [6.45, 7) is 0. The lowest BCUT2D eigenvalue weighted by molar-refractivity contribution is 0.475. The van der Waals surface area contributed by atoms with Gasteiger partial charge in [-0.1, -0.05) is 0 Å². The van der Waals surface area contributed by atoms with Crippen LogP contribution in [0.15, 0.2) is 29.2 Å². The van der Waals surface area contributed by atoms with Crippen molar-refractivity contribution in [3.63, 3.8) is 0 Å². The van der Waals surface area contributed by atoms with Gasteiger partial charge in [0.25, 0.3) is 0 Å². The summed E-state index contributed by atoms with van der Waals surface area (Å²) in [5, 5.41) is 14.0. The molecule has 0 atom stereocenters. The van der Waals surface area contributed by atoms with Crippen LogP contribution in [0.3, 0.4) is 0 Å². The molecular weight excluding hydrogens is 254 g/mol. The Hall–Kier alpha value is -2.02. The lowest BCUT2D eigenvalue weighted by Gasteiger charge is -2.03. The molecule has 0 aliphatic heterocycles. The van der Waals surface area contributed by atoms with E-state index >= 15 is 0 Å². The second-order valence-electron chi connectivity index (χ2n) is 4.03. The number of nitrogen functional groups attached to an aromatic ring is 1. The van der Waals surface area contributed by atoms with E-state index in [1.165, 1.54) is 22.9 Å². The van der Waals surface area contributed by atoms with E-state index in [0.717, 1.165) is 6.26 Å². The molecule has 6 nitrogen and oxygen atoms in total. The third-order valence-corrected chi connectivity index (χ3v) is 3.70. The van der Waals surface area contributed by atoms with Crippen molar-refractivity contribution in [2.45, 2.75) is 4.90 Å². The molecule has 2 rings (SSSR count). The molecule has 96 valence electrons. The quantitative estimate of drug-likeness (QED) is 0.837. The largest absolute Gasteiger partial charge is 0.507 e. The normalized spacial score (nSPS) is 11.7. The number of aromatic nitrogens is 2. The van der Waals surface area contributed by atoms with Gasteiger partial charge in [0.1, 0.15) is 11.6 Å². The van der Waals surface area contributed by atoms with Crippen molar-refractivity contribution >= 4 is 15.7 Å². The highest BCUT2D eigenvalue weighted by Crippen LogP contribution is 2.31. The van der Waals surface area contributed by atoms with Gasteiger partial charge in [-0.05, 0) is 18.2 Å². The van der Waals surface area contributed by atoms with Crippen LogP contribution in [0.1, 0.15) is 0 Å². The van der Waals surface area contributed by atoms with Crippen molar-refractivity contribution < 1.29 is 13.5 Å². The maximum Gasteiger partial charge on any atom is 0.175 e. The first-order valence-corrected chi connectivity index (χ1v) is 7.01. The van der Waals surface area contributed by atoms with Gasteiger partial charge in [0.05, 0.1) is 10.6 Å². The average Bonchev–Trinajstić information content (AvgIpc) is 2.57. The standard InChI is InChI=1S/C11H13N3O3S/c1-14-11(12)6-9(13-14)8-4-3-7(5-10(8)15)18(2,16)17/h3-6,15H,12H2,1-2H3. The Bertz CT molecular complexity index is 685. The topological polar surface area (TPSA) is 98.2 Å². The number of aryl methyl sites for hydroxylation is 1. The third-order valence-electron chi connectivity index (χ3n) is 2.59. The Kier molecular flexibility index (Phi) is 2.78. The number of benzene rings is 1. The fourth-order valence-electron chi connectivity index (χ4n) is 1.57. The summed E-state index contributed by atoms with van der Waals surface area (Å²) >= 11 is 0. The van der Waals surface area contributed by atoms with Crippen LogP contribution in [0.25, 0.3) is 11.3 Å². The molecule has 0 spiro atoms. The number of nitrogens with two attached hydrogens (primary N) is 1. The number of hydrogen-bond donors (Lipinski definition) is 2. The second-order valence-corrected chi connectivity index (χ2v) is 6.04. The van der Waals surface area contributed by atoms with Gasteiger partial charge in [-0.3, -0.25) is 4.68 Å². The molecule has 1 heterocycles. The van der Waals surface area contributed by atoms with E-state index in [0.29, 0.717) is 17.1 Å². The SMILES string of the molecule is Cn1nc(-c2ccc(S(C)(=O)=O)cc2O)cc1N. The molecule has 1 aromatic carbocycles. The molecule has 1 aromatic heterocycles. The van der Waals surface area contributed by atoms with Gasteiger partial charge >= 0.3 is 0 Å². The van der Waals surface area contributed by atoms with E-state index in [-0.39, 0.29) is 10.6 Å². The number of anilines is 1. The van der Waals surface area contributed by atoms with Gasteiger partial charge in [0.2, 0.25) is 0 Å². The zero-order valence-electron chi connectivity index (χ0n) is 9.95. The predicted molar refractivity (Wildman–Crippen MR) is 67.8 cm³/mol. The van der Waals surface area contributed by atoms with Crippen molar-refractivity contribution in [2.24, 2.45) is 7.05 Å². The molecule has 2 aromatic rings. The molecule has 0 radical (unpaired) electrons. The van der Waals surface area contributed by atoms with Crippen molar-refractivity contribution in [3.8, 4) is 17.0 Å². The molecule has 0 fully saturated rings. The van der Waals surface area contributed by atoms with Gasteiger partial charge in [-0.15, -0.1) is 0 Å². The Morgan fingerprint density at radius 2 is 2.00 bits per heavy atom. The number of phenolic OH excluding ortho intramolecular Hbond substituents is 1. The molecule has 0 saturated carbocycles. The van der Waals surface area contributed by atoms with Crippen molar-refractivity contribution in [1.29, 1.82) is 0 Å². The first kappa shape index (κ1) is 12.4. The van der Waals surface area contributed by atoms with E-state index in [1.54, 1.807) is 13.1 Å². The Morgan fingerprint density at radius 3 is 2.44 bits per heavy atom. The van der Waals surface area contributed by atoms with E-state index in [2.05, 4.69) is 5.10 Å². The smallest absolute Gasteiger partial charge is 0.175 e. The Morgan fingerprint density at radius 1 is 1.33 bits per heavy atom. The fourth-order valence-corrected chi connectivity index (χ4v) is 2.21. The first-order chi connectivity index (χ1) is 8.29. The van der Waals surface area contributed by atoms with E-state index < -0.39 is 9.84 Å². The molecule has 0 aliphatic carbocycles. The maximum atomic E-state index is 11.3. The molecule has 3 N–H and O–H groups in total. The van der Waals surface area contributed by atoms with Gasteiger partial charge in [0.15, 0.2) is 9.84 Å². The summed E-state index contributed by atoms with van der Waals surface area (Å²) in [5.74, 6) is 0.313. The highest BCUT2D eigenvalue weighted by molar-refractivity contribution is 7.90. The summed E-state index contributed by atoms with van der Waals surface area (Å²) in [7, 11) is -1.66. The van der Waals surface area contributed by atoms with Crippen molar-refractivity contribution in [3.05, 3.63) is 24.3 Å². The molecule has 7 heteroatoms. The van der Waals surface area contributed by atoms with Crippen molar-refractivity contribution in [2.75, 3.05) is 12.0 Å². The van der Waals surface area contributed by atoms with Crippen LogP contribution < -0.4 is 5.73 Å². The van der Waals surface area contributed by atoms with Gasteiger partial charge in [0, 0.05) is 24.9 Å². The summed E-state index contributed by atoms with van der Waals surface area (Å²) in [6.07, 6.45) is 1.08. The predicted octanol–water partition coefficient (Wildman–Crippen LogP) is 0.778. The lowest BCUT2D eigenvalue weighted by atomic mass is 10.1. The zero-order valence-corrected chi connectivity index (χ0v) is 10.8. The number of phenols is 1. The summed E-state index contributed by atoms with van der Waals surface area (Å²) in [6, 6.07) is 5.74. The summed E-state index contributed by atoms with van der Waals surface area (Å²) in [5.41, 5.74) is 6.58. The lowest BCUT2D eigenvalue weighted by Crippen LogP contribution is -1.97. The molecule has 0 unspecified atom stereocenters. The minimum Gasteiger partial charge on any atom is -0.507 e. The number of rotatable bonds is 2. The number of hydrogen-bond acceptors (Lipinski definition) is 5. The number of aromatic hydroxyl groups is 1. The zero-order chi connectivity index (χ0) is 13.5. The number of sulfone groups is 1. The van der Waals surface area contributed by atoms with Crippen LogP contribution in [0.4, 0.5) is 5.82 Å². The van der Waals surface area contributed by atoms with E-state index in [1.807, 2.05) is 0 Å². The van der Waals surface area contributed by atoms with Crippen LogP contribution in [0, 0.1) is 0 Å². The fraction of sp³-hybridized carbons (Fsp3) is 0.182. The van der Waals surface area contributed by atoms with Crippen LogP contribution in [0.5, 0.6) is 5.75 Å². The van der Waals surface area contributed by atoms with Crippen LogP contribution >= 0.6 is 0 Å². The minimum absolute atomic E-state index is 0.0626. The molecule has 0 saturated heterocycles. The van der Waals surface area contributed by atoms with E-state index in [4.69, 9.17) is 5.73 Å². The number of nitrogens with zero attached hydrogens (tertiary/aromatic N) is 2. The van der Waals surface area contributed by atoms with E-state index in [9.17, 15) is 13.5 Å². The van der Waals surface area contributed by atoms with Gasteiger partial charge in [-0.2, -0.15) is 5.10 Å². The molecule has 0 aliphatic rings. The highest BCUT2D eigenvalue weighted by Gasteiger charge is 2.13. The summed E-state index contributed by atoms with van der Waals surface area (Å²) < 4.78 is 24.2. The third kappa shape index (κ3) is 2.17. The maximum absolute atomic E-state index is 11.3. The Balaban J connectivity index is 2.54. The van der Waals surface area contributed by atoms with Crippen molar-refractivity contribution in [1.82, 2.24) is 9.78 Å². The first-order valence-electron chi connectivity index (χ1n) is 5.12. The minimum atomic E-state index is -3.34. The molecule has 18 heavy (non-hydrogen) atoms. The highest BCUT2D eigenvalue weighted by atomic mass is 32.2. The summed E-state index contributed by atoms with van der Waals surface area (Å²) in [4.78, 5) is 0.0626. The van der Waals surface area contributed by atoms with Gasteiger partial charge < -0.3 is 10.8 Å². The van der Waals surface area contributed by atoms with Crippen LogP contribution in [-0.2, 0) is 16.9 Å². The molecule has 0 amide bonds. The molecular formula is C11H13N3O3S. The van der Waals surface area contributed by atoms with Crippen LogP contribution in [0.2, 0.25) is 0 Å². The molecule has 0 bridgehead atoms.